The molecule has 0 saturated carbocycles. The van der Waals surface area contributed by atoms with Crippen LogP contribution in [0, 0.1) is 0 Å². The average molecular weight is 362 g/mol. The number of halogens is 2. The molecule has 21 heavy (non-hydrogen) atoms. The van der Waals surface area contributed by atoms with Crippen LogP contribution in [0.4, 0.5) is 0 Å². The summed E-state index contributed by atoms with van der Waals surface area (Å²) in [5.41, 5.74) is 5.11. The number of hydrogen-bond acceptors (Lipinski definition) is 2. The minimum Gasteiger partial charge on any atom is -0.271 e. The second-order valence-corrected chi connectivity index (χ2v) is 6.10. The van der Waals surface area contributed by atoms with E-state index in [0.717, 1.165) is 15.6 Å². The first kappa shape index (κ1) is 14.5. The summed E-state index contributed by atoms with van der Waals surface area (Å²) in [6, 6.07) is 20.3. The van der Waals surface area contributed by atoms with Gasteiger partial charge in [0.05, 0.1) is 11.1 Å². The fourth-order valence-corrected chi connectivity index (χ4v) is 3.07. The maximum Gasteiger partial charge on any atom is 0.0716 e. The largest absolute Gasteiger partial charge is 0.271 e. The maximum absolute atomic E-state index is 6.07. The van der Waals surface area contributed by atoms with Gasteiger partial charge in [-0.3, -0.25) is 5.84 Å². The fraction of sp³-hybridized carbons (Fsp3) is 0.0588. The van der Waals surface area contributed by atoms with Gasteiger partial charge in [0.2, 0.25) is 0 Å². The number of hydrazine groups is 1. The van der Waals surface area contributed by atoms with Crippen LogP contribution in [-0.4, -0.2) is 0 Å². The normalized spacial score (nSPS) is 12.5. The van der Waals surface area contributed by atoms with Crippen molar-refractivity contribution in [3.05, 3.63) is 81.3 Å². The Kier molecular flexibility index (Phi) is 4.27. The molecule has 0 radical (unpaired) electrons. The Hall–Kier alpha value is -1.39. The molecule has 0 bridgehead atoms. The Morgan fingerprint density at radius 3 is 2.52 bits per heavy atom. The molecule has 0 heterocycles. The third kappa shape index (κ3) is 2.83. The fourth-order valence-electron chi connectivity index (χ4n) is 2.56. The molecule has 0 spiro atoms. The Morgan fingerprint density at radius 1 is 1.00 bits per heavy atom. The summed E-state index contributed by atoms with van der Waals surface area (Å²) in [5.74, 6) is 5.82. The topological polar surface area (TPSA) is 38.0 Å². The SMILES string of the molecule is NNC(c1ccc(Cl)c(Br)c1)c1cccc2ccccc12. The van der Waals surface area contributed by atoms with Gasteiger partial charge < -0.3 is 0 Å². The lowest BCUT2D eigenvalue weighted by Gasteiger charge is -2.19. The maximum atomic E-state index is 6.07. The summed E-state index contributed by atoms with van der Waals surface area (Å²) >= 11 is 9.54. The van der Waals surface area contributed by atoms with E-state index in [9.17, 15) is 0 Å². The molecule has 0 aliphatic rings. The quantitative estimate of drug-likeness (QED) is 0.519. The predicted octanol–water partition coefficient (Wildman–Crippen LogP) is 4.81. The zero-order valence-electron chi connectivity index (χ0n) is 11.2. The molecule has 0 aromatic heterocycles. The van der Waals surface area contributed by atoms with Crippen LogP contribution in [0.2, 0.25) is 5.02 Å². The number of benzene rings is 3. The van der Waals surface area contributed by atoms with E-state index in [1.807, 2.05) is 36.4 Å². The molecule has 0 aliphatic heterocycles. The van der Waals surface area contributed by atoms with E-state index in [-0.39, 0.29) is 6.04 Å². The Morgan fingerprint density at radius 2 is 1.76 bits per heavy atom. The monoisotopic (exact) mass is 360 g/mol. The van der Waals surface area contributed by atoms with E-state index in [0.29, 0.717) is 5.02 Å². The van der Waals surface area contributed by atoms with Gasteiger partial charge in [0.15, 0.2) is 0 Å². The lowest BCUT2D eigenvalue weighted by Crippen LogP contribution is -2.29. The van der Waals surface area contributed by atoms with Crippen LogP contribution >= 0.6 is 27.5 Å². The lowest BCUT2D eigenvalue weighted by molar-refractivity contribution is 0.640. The molecule has 3 rings (SSSR count). The van der Waals surface area contributed by atoms with E-state index in [2.05, 4.69) is 45.6 Å². The molecule has 3 N–H and O–H groups in total. The van der Waals surface area contributed by atoms with Gasteiger partial charge in [-0.25, -0.2) is 5.43 Å². The number of hydrogen-bond donors (Lipinski definition) is 2. The third-order valence-corrected chi connectivity index (χ3v) is 4.79. The Bertz CT molecular complexity index is 783. The highest BCUT2D eigenvalue weighted by molar-refractivity contribution is 9.10. The first-order valence-corrected chi connectivity index (χ1v) is 7.76. The van der Waals surface area contributed by atoms with Crippen molar-refractivity contribution in [1.29, 1.82) is 0 Å². The van der Waals surface area contributed by atoms with Crippen LogP contribution < -0.4 is 11.3 Å². The van der Waals surface area contributed by atoms with Gasteiger partial charge in [-0.1, -0.05) is 60.1 Å². The molecule has 3 aromatic rings. The van der Waals surface area contributed by atoms with Gasteiger partial charge in [0.25, 0.3) is 0 Å². The Balaban J connectivity index is 2.16. The van der Waals surface area contributed by atoms with Crippen LogP contribution in [0.3, 0.4) is 0 Å². The standard InChI is InChI=1S/C17H14BrClN2/c18-15-10-12(8-9-16(15)19)17(21-20)14-7-3-5-11-4-1-2-6-13(11)14/h1-10,17,21H,20H2. The van der Waals surface area contributed by atoms with Crippen molar-refractivity contribution in [2.24, 2.45) is 5.84 Å². The van der Waals surface area contributed by atoms with Crippen molar-refractivity contribution >= 4 is 38.3 Å². The molecule has 0 aliphatic carbocycles. The van der Waals surface area contributed by atoms with E-state index < -0.39 is 0 Å². The number of nitrogens with one attached hydrogen (secondary N) is 1. The summed E-state index contributed by atoms with van der Waals surface area (Å²) < 4.78 is 0.863. The number of fused-ring (bicyclic) bond motifs is 1. The van der Waals surface area contributed by atoms with E-state index in [1.54, 1.807) is 0 Å². The van der Waals surface area contributed by atoms with E-state index in [1.165, 1.54) is 10.8 Å². The summed E-state index contributed by atoms with van der Waals surface area (Å²) in [7, 11) is 0. The minimum atomic E-state index is -0.0929. The molecular formula is C17H14BrClN2. The third-order valence-electron chi connectivity index (χ3n) is 3.58. The number of nitrogens with two attached hydrogens (primary N) is 1. The van der Waals surface area contributed by atoms with Crippen molar-refractivity contribution < 1.29 is 0 Å². The van der Waals surface area contributed by atoms with E-state index in [4.69, 9.17) is 17.4 Å². The van der Waals surface area contributed by atoms with Crippen LogP contribution in [0.15, 0.2) is 65.1 Å². The number of rotatable bonds is 3. The van der Waals surface area contributed by atoms with Crippen molar-refractivity contribution in [2.45, 2.75) is 6.04 Å². The van der Waals surface area contributed by atoms with Crippen molar-refractivity contribution in [2.75, 3.05) is 0 Å². The first-order valence-electron chi connectivity index (χ1n) is 6.59. The smallest absolute Gasteiger partial charge is 0.0716 e. The van der Waals surface area contributed by atoms with Gasteiger partial charge in [0, 0.05) is 4.47 Å². The molecular weight excluding hydrogens is 348 g/mol. The van der Waals surface area contributed by atoms with Crippen molar-refractivity contribution in [3.63, 3.8) is 0 Å². The second kappa shape index (κ2) is 6.16. The highest BCUT2D eigenvalue weighted by atomic mass is 79.9. The zero-order valence-corrected chi connectivity index (χ0v) is 13.5. The summed E-state index contributed by atoms with van der Waals surface area (Å²) in [4.78, 5) is 0. The van der Waals surface area contributed by atoms with Crippen LogP contribution in [0.25, 0.3) is 10.8 Å². The Labute approximate surface area is 137 Å². The lowest BCUT2D eigenvalue weighted by atomic mass is 9.94. The van der Waals surface area contributed by atoms with Gasteiger partial charge >= 0.3 is 0 Å². The van der Waals surface area contributed by atoms with E-state index >= 15 is 0 Å². The zero-order chi connectivity index (χ0) is 14.8. The molecule has 4 heteroatoms. The highest BCUT2D eigenvalue weighted by Crippen LogP contribution is 2.32. The second-order valence-electron chi connectivity index (χ2n) is 4.84. The average Bonchev–Trinajstić information content (AvgIpc) is 2.52. The van der Waals surface area contributed by atoms with Crippen LogP contribution in [-0.2, 0) is 0 Å². The first-order chi connectivity index (χ1) is 10.2. The van der Waals surface area contributed by atoms with Gasteiger partial charge in [-0.2, -0.15) is 0 Å². The van der Waals surface area contributed by atoms with Crippen molar-refractivity contribution in [1.82, 2.24) is 5.43 Å². The van der Waals surface area contributed by atoms with Gasteiger partial charge in [-0.05, 0) is 50.0 Å². The van der Waals surface area contributed by atoms with Crippen molar-refractivity contribution in [3.8, 4) is 0 Å². The molecule has 106 valence electrons. The molecule has 1 unspecified atom stereocenters. The molecule has 0 fully saturated rings. The molecule has 0 amide bonds. The molecule has 1 atom stereocenters. The molecule has 3 aromatic carbocycles. The summed E-state index contributed by atoms with van der Waals surface area (Å²) in [6.45, 7) is 0. The summed E-state index contributed by atoms with van der Waals surface area (Å²) in [6.07, 6.45) is 0. The molecule has 2 nitrogen and oxygen atoms in total. The highest BCUT2D eigenvalue weighted by Gasteiger charge is 2.15. The summed E-state index contributed by atoms with van der Waals surface area (Å²) in [5, 5.41) is 3.07. The predicted molar refractivity (Wildman–Crippen MR) is 92.3 cm³/mol. The van der Waals surface area contributed by atoms with Crippen LogP contribution in [0.1, 0.15) is 17.2 Å². The van der Waals surface area contributed by atoms with Gasteiger partial charge in [-0.15, -0.1) is 0 Å². The van der Waals surface area contributed by atoms with Crippen LogP contribution in [0.5, 0.6) is 0 Å². The molecule has 0 saturated heterocycles. The van der Waals surface area contributed by atoms with Gasteiger partial charge in [0.1, 0.15) is 0 Å². The minimum absolute atomic E-state index is 0.0929.